The summed E-state index contributed by atoms with van der Waals surface area (Å²) in [6.07, 6.45) is 4.55. The largest absolute Gasteiger partial charge is 0.480 e. The van der Waals surface area contributed by atoms with E-state index in [1.54, 1.807) is 6.08 Å². The number of hydrogen-bond acceptors (Lipinski definition) is 3. The molecule has 0 amide bonds. The number of allylic oxidation sites excluding steroid dienone is 1. The van der Waals surface area contributed by atoms with Crippen molar-refractivity contribution >= 4 is 16.0 Å². The number of unbranched alkanes of at least 4 members (excludes halogenated alkanes) is 2. The van der Waals surface area contributed by atoms with Crippen LogP contribution in [0.1, 0.15) is 39.0 Å². The van der Waals surface area contributed by atoms with Crippen LogP contribution in [0, 0.1) is 0 Å². The second kappa shape index (κ2) is 8.25. The van der Waals surface area contributed by atoms with Crippen molar-refractivity contribution in [3.63, 3.8) is 0 Å². The number of sulfonamides is 1. The summed E-state index contributed by atoms with van der Waals surface area (Å²) in [7, 11) is -3.51. The van der Waals surface area contributed by atoms with Gasteiger partial charge in [0.1, 0.15) is 6.04 Å². The predicted octanol–water partition coefficient (Wildman–Crippen LogP) is 1.52. The monoisotopic (exact) mass is 263 g/mol. The summed E-state index contributed by atoms with van der Waals surface area (Å²) in [5, 5.41) is 8.89. The van der Waals surface area contributed by atoms with E-state index < -0.39 is 22.0 Å². The molecule has 100 valence electrons. The molecule has 6 heteroatoms. The second-order valence-corrected chi connectivity index (χ2v) is 5.77. The highest BCUT2D eigenvalue weighted by atomic mass is 32.2. The topological polar surface area (TPSA) is 83.5 Å². The lowest BCUT2D eigenvalue weighted by atomic mass is 10.1. The number of carboxylic acids is 1. The van der Waals surface area contributed by atoms with Gasteiger partial charge in [0, 0.05) is 0 Å². The Bertz CT molecular complexity index is 337. The Hall–Kier alpha value is -0.880. The number of rotatable bonds is 10. The van der Waals surface area contributed by atoms with Crippen molar-refractivity contribution in [3.05, 3.63) is 12.7 Å². The minimum Gasteiger partial charge on any atom is -0.480 e. The molecule has 0 aromatic heterocycles. The molecule has 0 aromatic carbocycles. The molecule has 5 nitrogen and oxygen atoms in total. The zero-order valence-corrected chi connectivity index (χ0v) is 11.0. The van der Waals surface area contributed by atoms with E-state index in [2.05, 4.69) is 11.3 Å². The molecule has 0 aromatic rings. The summed E-state index contributed by atoms with van der Waals surface area (Å²) >= 11 is 0. The Morgan fingerprint density at radius 1 is 1.47 bits per heavy atom. The summed E-state index contributed by atoms with van der Waals surface area (Å²) in [5.41, 5.74) is 0. The van der Waals surface area contributed by atoms with Gasteiger partial charge in [-0.2, -0.15) is 0 Å². The third-order valence-electron chi connectivity index (χ3n) is 2.29. The average molecular weight is 263 g/mol. The molecule has 0 aliphatic heterocycles. The van der Waals surface area contributed by atoms with E-state index >= 15 is 0 Å². The van der Waals surface area contributed by atoms with Crippen molar-refractivity contribution < 1.29 is 18.3 Å². The molecule has 0 rings (SSSR count). The Morgan fingerprint density at radius 2 is 2.12 bits per heavy atom. The maximum absolute atomic E-state index is 11.6. The quantitative estimate of drug-likeness (QED) is 0.462. The lowest BCUT2D eigenvalue weighted by Gasteiger charge is -2.14. The molecule has 0 saturated carbocycles. The molecule has 17 heavy (non-hydrogen) atoms. The van der Waals surface area contributed by atoms with Gasteiger partial charge in [0.05, 0.1) is 5.75 Å². The van der Waals surface area contributed by atoms with Crippen LogP contribution in [0.4, 0.5) is 0 Å². The van der Waals surface area contributed by atoms with Crippen molar-refractivity contribution in [3.8, 4) is 0 Å². The van der Waals surface area contributed by atoms with Gasteiger partial charge < -0.3 is 5.11 Å². The van der Waals surface area contributed by atoms with E-state index in [4.69, 9.17) is 5.11 Å². The van der Waals surface area contributed by atoms with Crippen molar-refractivity contribution in [2.75, 3.05) is 5.75 Å². The molecule has 0 radical (unpaired) electrons. The van der Waals surface area contributed by atoms with E-state index in [0.717, 1.165) is 6.42 Å². The SMILES string of the molecule is C=CCCCS(=O)(=O)N[C@@H](CCCC)C(=O)O. The van der Waals surface area contributed by atoms with E-state index in [1.165, 1.54) is 0 Å². The molecule has 0 heterocycles. The Morgan fingerprint density at radius 3 is 2.59 bits per heavy atom. The van der Waals surface area contributed by atoms with E-state index in [-0.39, 0.29) is 5.75 Å². The summed E-state index contributed by atoms with van der Waals surface area (Å²) in [6.45, 7) is 5.43. The molecule has 1 atom stereocenters. The van der Waals surface area contributed by atoms with Gasteiger partial charge in [-0.1, -0.05) is 25.8 Å². The van der Waals surface area contributed by atoms with Crippen LogP contribution in [0.5, 0.6) is 0 Å². The molecular formula is C11H21NO4S. The highest BCUT2D eigenvalue weighted by Gasteiger charge is 2.22. The predicted molar refractivity (Wildman–Crippen MR) is 67.3 cm³/mol. The minimum absolute atomic E-state index is 0.0606. The fraction of sp³-hybridized carbons (Fsp3) is 0.727. The number of aliphatic carboxylic acids is 1. The Labute approximate surface area is 103 Å². The molecule has 0 bridgehead atoms. The van der Waals surface area contributed by atoms with Crippen LogP contribution in [-0.4, -0.2) is 31.3 Å². The van der Waals surface area contributed by atoms with Gasteiger partial charge in [-0.05, 0) is 19.3 Å². The van der Waals surface area contributed by atoms with Crippen LogP contribution in [0.2, 0.25) is 0 Å². The zero-order valence-electron chi connectivity index (χ0n) is 10.2. The number of carboxylic acid groups (broad SMARTS) is 1. The van der Waals surface area contributed by atoms with E-state index in [0.29, 0.717) is 25.7 Å². The van der Waals surface area contributed by atoms with Crippen molar-refractivity contribution in [2.24, 2.45) is 0 Å². The number of nitrogens with one attached hydrogen (secondary N) is 1. The highest BCUT2D eigenvalue weighted by Crippen LogP contribution is 2.04. The van der Waals surface area contributed by atoms with Gasteiger partial charge in [0.2, 0.25) is 10.0 Å². The van der Waals surface area contributed by atoms with Gasteiger partial charge >= 0.3 is 5.97 Å². The number of hydrogen-bond donors (Lipinski definition) is 2. The van der Waals surface area contributed by atoms with Gasteiger partial charge in [0.15, 0.2) is 0 Å². The van der Waals surface area contributed by atoms with Gasteiger partial charge in [-0.15, -0.1) is 6.58 Å². The molecular weight excluding hydrogens is 242 g/mol. The zero-order chi connectivity index (χ0) is 13.3. The lowest BCUT2D eigenvalue weighted by molar-refractivity contribution is -0.139. The third kappa shape index (κ3) is 7.93. The first kappa shape index (κ1) is 16.1. The fourth-order valence-electron chi connectivity index (χ4n) is 1.33. The first-order valence-corrected chi connectivity index (χ1v) is 7.42. The lowest BCUT2D eigenvalue weighted by Crippen LogP contribution is -2.41. The maximum atomic E-state index is 11.6. The van der Waals surface area contributed by atoms with Gasteiger partial charge in [-0.3, -0.25) is 4.79 Å². The number of carbonyl (C=O) groups is 1. The van der Waals surface area contributed by atoms with Gasteiger partial charge in [0.25, 0.3) is 0 Å². The van der Waals surface area contributed by atoms with Crippen LogP contribution in [-0.2, 0) is 14.8 Å². The summed E-state index contributed by atoms with van der Waals surface area (Å²) in [5.74, 6) is -1.18. The molecule has 0 spiro atoms. The maximum Gasteiger partial charge on any atom is 0.321 e. The first-order valence-electron chi connectivity index (χ1n) is 5.76. The first-order chi connectivity index (χ1) is 7.93. The molecule has 0 fully saturated rings. The Kier molecular flexibility index (Phi) is 7.82. The molecule has 0 aliphatic rings. The van der Waals surface area contributed by atoms with Crippen molar-refractivity contribution in [1.29, 1.82) is 0 Å². The molecule has 0 unspecified atom stereocenters. The standard InChI is InChI=1S/C11H21NO4S/c1-3-5-7-9-17(15,16)12-10(11(13)14)8-6-4-2/h3,10,12H,1,4-9H2,2H3,(H,13,14)/t10-/m0/s1. The molecule has 2 N–H and O–H groups in total. The minimum atomic E-state index is -3.51. The fourth-order valence-corrected chi connectivity index (χ4v) is 2.65. The van der Waals surface area contributed by atoms with Crippen LogP contribution in [0.25, 0.3) is 0 Å². The normalized spacial score (nSPS) is 13.2. The second-order valence-electron chi connectivity index (χ2n) is 3.90. The smallest absolute Gasteiger partial charge is 0.321 e. The van der Waals surface area contributed by atoms with Crippen LogP contribution >= 0.6 is 0 Å². The Balaban J connectivity index is 4.31. The summed E-state index contributed by atoms with van der Waals surface area (Å²) in [6, 6.07) is -1.01. The average Bonchev–Trinajstić information content (AvgIpc) is 2.24. The third-order valence-corrected chi connectivity index (χ3v) is 3.76. The van der Waals surface area contributed by atoms with Gasteiger partial charge in [-0.25, -0.2) is 13.1 Å². The van der Waals surface area contributed by atoms with Crippen LogP contribution in [0.15, 0.2) is 12.7 Å². The summed E-state index contributed by atoms with van der Waals surface area (Å²) in [4.78, 5) is 10.9. The van der Waals surface area contributed by atoms with Crippen molar-refractivity contribution in [2.45, 2.75) is 45.1 Å². The highest BCUT2D eigenvalue weighted by molar-refractivity contribution is 7.89. The van der Waals surface area contributed by atoms with Crippen molar-refractivity contribution in [1.82, 2.24) is 4.72 Å². The summed E-state index contributed by atoms with van der Waals surface area (Å²) < 4.78 is 25.4. The van der Waals surface area contributed by atoms with E-state index in [1.807, 2.05) is 6.92 Å². The molecule has 0 aliphatic carbocycles. The van der Waals surface area contributed by atoms with E-state index in [9.17, 15) is 13.2 Å². The molecule has 0 saturated heterocycles. The van der Waals surface area contributed by atoms with Crippen LogP contribution < -0.4 is 4.72 Å². The van der Waals surface area contributed by atoms with Crippen LogP contribution in [0.3, 0.4) is 0 Å².